The molecule has 0 spiro atoms. The van der Waals surface area contributed by atoms with Crippen LogP contribution in [0.4, 0.5) is 0 Å². The molecule has 1 saturated heterocycles. The summed E-state index contributed by atoms with van der Waals surface area (Å²) in [6.07, 6.45) is 2.51. The first-order valence-corrected chi connectivity index (χ1v) is 11.9. The van der Waals surface area contributed by atoms with E-state index in [9.17, 15) is 4.79 Å². The molecule has 1 fully saturated rings. The van der Waals surface area contributed by atoms with Crippen molar-refractivity contribution in [1.29, 1.82) is 0 Å². The first-order chi connectivity index (χ1) is 15.9. The van der Waals surface area contributed by atoms with Crippen LogP contribution in [0.25, 0.3) is 11.1 Å². The van der Waals surface area contributed by atoms with Gasteiger partial charge in [-0.2, -0.15) is 0 Å². The smallest absolute Gasteiger partial charge is 0.228 e. The van der Waals surface area contributed by atoms with Crippen LogP contribution in [0, 0.1) is 19.3 Å². The maximum absolute atomic E-state index is 13.4. The van der Waals surface area contributed by atoms with E-state index in [2.05, 4.69) is 77.5 Å². The Kier molecular flexibility index (Phi) is 6.94. The molecular weight excluding hydrogens is 406 g/mol. The summed E-state index contributed by atoms with van der Waals surface area (Å²) in [6.45, 7) is 6.85. The molecule has 0 N–H and O–H groups in total. The zero-order valence-electron chi connectivity index (χ0n) is 20.3. The summed E-state index contributed by atoms with van der Waals surface area (Å²) in [5.74, 6) is 0.247. The molecule has 2 aromatic carbocycles. The van der Waals surface area contributed by atoms with Gasteiger partial charge in [-0.15, -0.1) is 0 Å². The lowest BCUT2D eigenvalue weighted by Crippen LogP contribution is -2.49. The molecule has 0 aliphatic carbocycles. The first-order valence-electron chi connectivity index (χ1n) is 11.9. The summed E-state index contributed by atoms with van der Waals surface area (Å²) in [4.78, 5) is 22.3. The molecule has 1 aliphatic rings. The van der Waals surface area contributed by atoms with Crippen molar-refractivity contribution < 1.29 is 4.79 Å². The Morgan fingerprint density at radius 2 is 1.70 bits per heavy atom. The van der Waals surface area contributed by atoms with Gasteiger partial charge in [0.1, 0.15) is 0 Å². The number of hydrogen-bond acceptors (Lipinski definition) is 3. The zero-order valence-corrected chi connectivity index (χ0v) is 20.3. The van der Waals surface area contributed by atoms with E-state index in [1.807, 2.05) is 27.1 Å². The fourth-order valence-corrected chi connectivity index (χ4v) is 5.13. The van der Waals surface area contributed by atoms with E-state index in [0.717, 1.165) is 50.3 Å². The van der Waals surface area contributed by atoms with Crippen molar-refractivity contribution >= 4 is 5.91 Å². The molecule has 4 rings (SSSR count). The Morgan fingerprint density at radius 1 is 0.970 bits per heavy atom. The van der Waals surface area contributed by atoms with E-state index < -0.39 is 0 Å². The monoisotopic (exact) mass is 441 g/mol. The standard InChI is InChI=1S/C29H35N3O/c1-22-9-5-6-14-27(22)25-12-8-11-24(19-25)20-29(28(33)31(3)4)15-17-32(18-16-29)21-26-13-7-10-23(2)30-26/h5-14,19H,15-18,20-21H2,1-4H3. The lowest BCUT2D eigenvalue weighted by atomic mass is 9.72. The van der Waals surface area contributed by atoms with Gasteiger partial charge in [-0.1, -0.05) is 54.6 Å². The molecule has 0 bridgehead atoms. The first kappa shape index (κ1) is 23.2. The van der Waals surface area contributed by atoms with Crippen molar-refractivity contribution in [1.82, 2.24) is 14.8 Å². The highest BCUT2D eigenvalue weighted by Gasteiger charge is 2.42. The molecule has 33 heavy (non-hydrogen) atoms. The Balaban J connectivity index is 1.54. The topological polar surface area (TPSA) is 36.4 Å². The third-order valence-electron chi connectivity index (χ3n) is 6.93. The lowest BCUT2D eigenvalue weighted by molar-refractivity contribution is -0.142. The normalized spacial score (nSPS) is 15.9. The van der Waals surface area contributed by atoms with E-state index in [1.54, 1.807) is 4.90 Å². The highest BCUT2D eigenvalue weighted by molar-refractivity contribution is 5.83. The molecule has 1 amide bonds. The number of pyridine rings is 1. The van der Waals surface area contributed by atoms with Crippen LogP contribution in [0.2, 0.25) is 0 Å². The number of aromatic nitrogens is 1. The van der Waals surface area contributed by atoms with Gasteiger partial charge in [-0.05, 0) is 80.6 Å². The molecule has 1 aliphatic heterocycles. The minimum atomic E-state index is -0.357. The number of nitrogens with zero attached hydrogens (tertiary/aromatic N) is 3. The van der Waals surface area contributed by atoms with Crippen LogP contribution in [0.5, 0.6) is 0 Å². The second-order valence-electron chi connectivity index (χ2n) is 9.72. The van der Waals surface area contributed by atoms with E-state index in [1.165, 1.54) is 22.3 Å². The molecule has 4 nitrogen and oxygen atoms in total. The van der Waals surface area contributed by atoms with Gasteiger partial charge in [-0.25, -0.2) is 0 Å². The molecule has 0 saturated carbocycles. The van der Waals surface area contributed by atoms with Gasteiger partial charge in [0.2, 0.25) is 5.91 Å². The summed E-state index contributed by atoms with van der Waals surface area (Å²) in [7, 11) is 3.77. The maximum atomic E-state index is 13.4. The predicted molar refractivity (Wildman–Crippen MR) is 135 cm³/mol. The van der Waals surface area contributed by atoms with Gasteiger partial charge >= 0.3 is 0 Å². The van der Waals surface area contributed by atoms with Crippen molar-refractivity contribution in [3.8, 4) is 11.1 Å². The molecule has 172 valence electrons. The predicted octanol–water partition coefficient (Wildman–Crippen LogP) is 5.28. The van der Waals surface area contributed by atoms with Crippen LogP contribution in [0.15, 0.2) is 66.7 Å². The summed E-state index contributed by atoms with van der Waals surface area (Å²) in [6, 6.07) is 23.4. The molecule has 1 aromatic heterocycles. The average molecular weight is 442 g/mol. The van der Waals surface area contributed by atoms with Crippen LogP contribution in [0.3, 0.4) is 0 Å². The van der Waals surface area contributed by atoms with Gasteiger partial charge in [0.15, 0.2) is 0 Å². The van der Waals surface area contributed by atoms with Crippen molar-refractivity contribution in [3.05, 3.63) is 89.2 Å². The number of hydrogen-bond donors (Lipinski definition) is 0. The molecule has 4 heteroatoms. The molecule has 0 atom stereocenters. The van der Waals surface area contributed by atoms with Crippen molar-refractivity contribution in [3.63, 3.8) is 0 Å². The zero-order chi connectivity index (χ0) is 23.4. The fourth-order valence-electron chi connectivity index (χ4n) is 5.13. The van der Waals surface area contributed by atoms with Crippen LogP contribution in [-0.4, -0.2) is 47.9 Å². The van der Waals surface area contributed by atoms with Crippen molar-refractivity contribution in [2.75, 3.05) is 27.2 Å². The third-order valence-corrected chi connectivity index (χ3v) is 6.93. The van der Waals surface area contributed by atoms with E-state index >= 15 is 0 Å². The van der Waals surface area contributed by atoms with Gasteiger partial charge in [0.05, 0.1) is 11.1 Å². The highest BCUT2D eigenvalue weighted by atomic mass is 16.2. The van der Waals surface area contributed by atoms with Gasteiger partial charge < -0.3 is 4.90 Å². The minimum absolute atomic E-state index is 0.247. The SMILES string of the molecule is Cc1cccc(CN2CCC(Cc3cccc(-c4ccccc4C)c3)(C(=O)N(C)C)CC2)n1. The number of amides is 1. The van der Waals surface area contributed by atoms with Crippen LogP contribution >= 0.6 is 0 Å². The third kappa shape index (κ3) is 5.33. The second kappa shape index (κ2) is 9.88. The number of benzene rings is 2. The lowest BCUT2D eigenvalue weighted by Gasteiger charge is -2.42. The summed E-state index contributed by atoms with van der Waals surface area (Å²) in [5, 5.41) is 0. The maximum Gasteiger partial charge on any atom is 0.228 e. The quantitative estimate of drug-likeness (QED) is 0.522. The number of aryl methyl sites for hydroxylation is 2. The molecule has 0 radical (unpaired) electrons. The van der Waals surface area contributed by atoms with Crippen LogP contribution in [0.1, 0.15) is 35.4 Å². The highest BCUT2D eigenvalue weighted by Crippen LogP contribution is 2.38. The van der Waals surface area contributed by atoms with Gasteiger partial charge in [0.25, 0.3) is 0 Å². The largest absolute Gasteiger partial charge is 0.348 e. The van der Waals surface area contributed by atoms with Crippen molar-refractivity contribution in [2.24, 2.45) is 5.41 Å². The number of rotatable bonds is 6. The fraction of sp³-hybridized carbons (Fsp3) is 0.379. The summed E-state index contributed by atoms with van der Waals surface area (Å²) < 4.78 is 0. The summed E-state index contributed by atoms with van der Waals surface area (Å²) >= 11 is 0. The summed E-state index contributed by atoms with van der Waals surface area (Å²) in [5.41, 5.74) is 6.78. The number of piperidine rings is 1. The van der Waals surface area contributed by atoms with Crippen LogP contribution < -0.4 is 0 Å². The molecule has 3 aromatic rings. The minimum Gasteiger partial charge on any atom is -0.348 e. The van der Waals surface area contributed by atoms with E-state index in [-0.39, 0.29) is 11.3 Å². The van der Waals surface area contributed by atoms with E-state index in [0.29, 0.717) is 0 Å². The molecular formula is C29H35N3O. The number of likely N-dealkylation sites (tertiary alicyclic amines) is 1. The second-order valence-corrected chi connectivity index (χ2v) is 9.72. The average Bonchev–Trinajstić information content (AvgIpc) is 2.80. The Labute approximate surface area is 198 Å². The van der Waals surface area contributed by atoms with Gasteiger partial charge in [-0.3, -0.25) is 14.7 Å². The Hall–Kier alpha value is -2.98. The molecule has 2 heterocycles. The Bertz CT molecular complexity index is 1110. The van der Waals surface area contributed by atoms with Crippen LogP contribution in [-0.2, 0) is 17.8 Å². The van der Waals surface area contributed by atoms with Crippen molar-refractivity contribution in [2.45, 2.75) is 39.7 Å². The Morgan fingerprint density at radius 3 is 2.39 bits per heavy atom. The van der Waals surface area contributed by atoms with E-state index in [4.69, 9.17) is 0 Å². The number of carbonyl (C=O) groups is 1. The molecule has 0 unspecified atom stereocenters. The van der Waals surface area contributed by atoms with Gasteiger partial charge in [0, 0.05) is 26.3 Å². The number of carbonyl (C=O) groups excluding carboxylic acids is 1.